The van der Waals surface area contributed by atoms with Crippen molar-refractivity contribution in [2.45, 2.75) is 43.6 Å². The Morgan fingerprint density at radius 1 is 1.28 bits per heavy atom. The third-order valence-corrected chi connectivity index (χ3v) is 4.51. The minimum atomic E-state index is 0.485. The monoisotopic (exact) mass is 263 g/mol. The summed E-state index contributed by atoms with van der Waals surface area (Å²) in [5.41, 5.74) is 0.790. The van der Waals surface area contributed by atoms with Crippen LogP contribution < -0.4 is 0 Å². The Hall–Kier alpha value is -1.17. The fraction of sp³-hybridized carbons (Fsp3) is 0.667. The van der Waals surface area contributed by atoms with Gasteiger partial charge in [0.15, 0.2) is 5.82 Å². The van der Waals surface area contributed by atoms with Crippen molar-refractivity contribution < 1.29 is 0 Å². The van der Waals surface area contributed by atoms with E-state index in [9.17, 15) is 0 Å². The number of hydrogen-bond donors (Lipinski definition) is 0. The summed E-state index contributed by atoms with van der Waals surface area (Å²) in [5.74, 6) is 2.16. The molecule has 0 aromatic carbocycles. The normalized spacial score (nSPS) is 24.6. The number of thioether (sulfide) groups is 1. The second-order valence-corrected chi connectivity index (χ2v) is 5.73. The van der Waals surface area contributed by atoms with Crippen molar-refractivity contribution in [3.05, 3.63) is 12.2 Å². The van der Waals surface area contributed by atoms with Gasteiger partial charge in [-0.15, -0.1) is 22.0 Å². The minimum Gasteiger partial charge on any atom is -0.224 e. The maximum Gasteiger partial charge on any atom is 0.210 e. The second-order valence-electron chi connectivity index (χ2n) is 4.93. The molecule has 6 heteroatoms. The average molecular weight is 263 g/mol. The van der Waals surface area contributed by atoms with E-state index >= 15 is 0 Å². The molecular weight excluding hydrogens is 246 g/mol. The predicted molar refractivity (Wildman–Crippen MR) is 70.7 cm³/mol. The maximum absolute atomic E-state index is 4.38. The molecule has 1 fully saturated rings. The van der Waals surface area contributed by atoms with Gasteiger partial charge in [0.05, 0.1) is 0 Å². The minimum absolute atomic E-state index is 0.485. The zero-order valence-corrected chi connectivity index (χ0v) is 11.5. The van der Waals surface area contributed by atoms with Crippen LogP contribution in [0.1, 0.15) is 44.3 Å². The second kappa shape index (κ2) is 4.84. The maximum atomic E-state index is 4.38. The lowest BCUT2D eigenvalue weighted by Crippen LogP contribution is -2.18. The lowest BCUT2D eigenvalue weighted by Gasteiger charge is -2.26. The smallest absolute Gasteiger partial charge is 0.210 e. The van der Waals surface area contributed by atoms with Gasteiger partial charge >= 0.3 is 0 Å². The number of rotatable bonds is 2. The standard InChI is InChI=1S/C12H17N5S/c1-8-5-3-4-6-9(8)10-15-16-11-12(18-2)13-7-14-17(10)11/h7-9H,3-6H2,1-2H3. The molecular formula is C12H17N5S. The average Bonchev–Trinajstić information content (AvgIpc) is 2.83. The first-order valence-electron chi connectivity index (χ1n) is 6.41. The predicted octanol–water partition coefficient (Wildman–Crippen LogP) is 2.53. The molecule has 0 saturated heterocycles. The van der Waals surface area contributed by atoms with E-state index in [1.54, 1.807) is 18.1 Å². The first kappa shape index (κ1) is 11.9. The van der Waals surface area contributed by atoms with Gasteiger partial charge in [-0.1, -0.05) is 26.2 Å². The molecule has 0 spiro atoms. The van der Waals surface area contributed by atoms with E-state index in [0.29, 0.717) is 11.8 Å². The van der Waals surface area contributed by atoms with Gasteiger partial charge in [0.2, 0.25) is 5.65 Å². The molecule has 1 saturated carbocycles. The summed E-state index contributed by atoms with van der Waals surface area (Å²) < 4.78 is 1.88. The first-order valence-corrected chi connectivity index (χ1v) is 7.64. The van der Waals surface area contributed by atoms with Crippen LogP contribution in [0.3, 0.4) is 0 Å². The van der Waals surface area contributed by atoms with E-state index in [0.717, 1.165) is 16.5 Å². The Morgan fingerprint density at radius 2 is 2.11 bits per heavy atom. The summed E-state index contributed by atoms with van der Waals surface area (Å²) in [5, 5.41) is 13.9. The van der Waals surface area contributed by atoms with Crippen molar-refractivity contribution in [3.8, 4) is 0 Å². The van der Waals surface area contributed by atoms with Crippen LogP contribution in [0.5, 0.6) is 0 Å². The molecule has 0 aliphatic heterocycles. The van der Waals surface area contributed by atoms with Gasteiger partial charge in [-0.3, -0.25) is 0 Å². The summed E-state index contributed by atoms with van der Waals surface area (Å²) in [4.78, 5) is 4.23. The van der Waals surface area contributed by atoms with Gasteiger partial charge in [-0.05, 0) is 18.6 Å². The van der Waals surface area contributed by atoms with Crippen LogP contribution in [0.4, 0.5) is 0 Å². The van der Waals surface area contributed by atoms with Crippen molar-refractivity contribution >= 4 is 17.4 Å². The molecule has 0 N–H and O–H groups in total. The summed E-state index contributed by atoms with van der Waals surface area (Å²) in [6.45, 7) is 2.31. The lowest BCUT2D eigenvalue weighted by atomic mass is 9.80. The zero-order valence-electron chi connectivity index (χ0n) is 10.7. The van der Waals surface area contributed by atoms with Crippen LogP contribution in [0, 0.1) is 5.92 Å². The molecule has 0 bridgehead atoms. The number of fused-ring (bicyclic) bond motifs is 1. The van der Waals surface area contributed by atoms with Crippen molar-refractivity contribution in [1.29, 1.82) is 0 Å². The van der Waals surface area contributed by atoms with E-state index in [1.807, 2.05) is 10.8 Å². The fourth-order valence-electron chi connectivity index (χ4n) is 2.80. The quantitative estimate of drug-likeness (QED) is 0.779. The Labute approximate surface area is 110 Å². The van der Waals surface area contributed by atoms with Crippen molar-refractivity contribution in [1.82, 2.24) is 24.8 Å². The molecule has 18 heavy (non-hydrogen) atoms. The van der Waals surface area contributed by atoms with E-state index < -0.39 is 0 Å². The molecule has 0 amide bonds. The Morgan fingerprint density at radius 3 is 2.89 bits per heavy atom. The van der Waals surface area contributed by atoms with Crippen molar-refractivity contribution in [2.75, 3.05) is 6.26 Å². The van der Waals surface area contributed by atoms with Crippen LogP contribution in [-0.2, 0) is 0 Å². The van der Waals surface area contributed by atoms with Gasteiger partial charge in [0, 0.05) is 5.92 Å². The van der Waals surface area contributed by atoms with E-state index in [2.05, 4.69) is 27.2 Å². The summed E-state index contributed by atoms with van der Waals surface area (Å²) in [6.07, 6.45) is 8.68. The third-order valence-electron chi connectivity index (χ3n) is 3.83. The van der Waals surface area contributed by atoms with Gasteiger partial charge in [0.25, 0.3) is 0 Å². The number of nitrogens with zero attached hydrogens (tertiary/aromatic N) is 5. The van der Waals surface area contributed by atoms with Gasteiger partial charge < -0.3 is 0 Å². The molecule has 0 radical (unpaired) electrons. The van der Waals surface area contributed by atoms with E-state index in [-0.39, 0.29) is 0 Å². The highest BCUT2D eigenvalue weighted by atomic mass is 32.2. The highest BCUT2D eigenvalue weighted by Gasteiger charge is 2.28. The first-order chi connectivity index (χ1) is 8.81. The number of hydrogen-bond acceptors (Lipinski definition) is 5. The molecule has 2 atom stereocenters. The van der Waals surface area contributed by atoms with Crippen LogP contribution in [0.15, 0.2) is 11.4 Å². The number of aromatic nitrogens is 5. The Kier molecular flexibility index (Phi) is 3.20. The van der Waals surface area contributed by atoms with Crippen LogP contribution >= 0.6 is 11.8 Å². The molecule has 2 unspecified atom stereocenters. The van der Waals surface area contributed by atoms with Crippen LogP contribution in [-0.4, -0.2) is 31.1 Å². The molecule has 5 nitrogen and oxygen atoms in total. The highest BCUT2D eigenvalue weighted by Crippen LogP contribution is 2.36. The van der Waals surface area contributed by atoms with E-state index in [1.165, 1.54) is 25.7 Å². The highest BCUT2D eigenvalue weighted by molar-refractivity contribution is 7.98. The molecule has 3 rings (SSSR count). The van der Waals surface area contributed by atoms with E-state index in [4.69, 9.17) is 0 Å². The molecule has 2 heterocycles. The summed E-state index contributed by atoms with van der Waals surface area (Å²) in [6, 6.07) is 0. The van der Waals surface area contributed by atoms with Crippen LogP contribution in [0.2, 0.25) is 0 Å². The summed E-state index contributed by atoms with van der Waals surface area (Å²) in [7, 11) is 0. The van der Waals surface area contributed by atoms with Crippen LogP contribution in [0.25, 0.3) is 5.65 Å². The molecule has 1 aliphatic rings. The molecule has 2 aromatic heterocycles. The third kappa shape index (κ3) is 1.88. The Balaban J connectivity index is 2.07. The fourth-order valence-corrected chi connectivity index (χ4v) is 3.26. The Bertz CT molecular complexity index is 552. The van der Waals surface area contributed by atoms with Gasteiger partial charge in [-0.25, -0.2) is 4.98 Å². The zero-order chi connectivity index (χ0) is 12.5. The van der Waals surface area contributed by atoms with Crippen molar-refractivity contribution in [2.24, 2.45) is 5.92 Å². The molecule has 96 valence electrons. The van der Waals surface area contributed by atoms with Crippen molar-refractivity contribution in [3.63, 3.8) is 0 Å². The molecule has 1 aliphatic carbocycles. The SMILES string of the molecule is CSc1ncnn2c(C3CCCCC3C)nnc12. The van der Waals surface area contributed by atoms with Gasteiger partial charge in [0.1, 0.15) is 11.4 Å². The summed E-state index contributed by atoms with van der Waals surface area (Å²) >= 11 is 1.58. The largest absolute Gasteiger partial charge is 0.224 e. The molecule has 2 aromatic rings. The van der Waals surface area contributed by atoms with Gasteiger partial charge in [-0.2, -0.15) is 9.61 Å². The topological polar surface area (TPSA) is 56.0 Å². The lowest BCUT2D eigenvalue weighted by molar-refractivity contribution is 0.316.